The van der Waals surface area contributed by atoms with Crippen molar-refractivity contribution in [2.24, 2.45) is 5.41 Å². The van der Waals surface area contributed by atoms with E-state index in [-0.39, 0.29) is 18.7 Å². The molecule has 5 nitrogen and oxygen atoms in total. The lowest BCUT2D eigenvalue weighted by molar-refractivity contribution is -0.139. The molecule has 1 amide bonds. The Balaban J connectivity index is 3.67. The van der Waals surface area contributed by atoms with Gasteiger partial charge in [0.05, 0.1) is 13.0 Å². The smallest absolute Gasteiger partial charge is 0.303 e. The van der Waals surface area contributed by atoms with Crippen molar-refractivity contribution < 1.29 is 19.4 Å². The lowest BCUT2D eigenvalue weighted by atomic mass is 9.85. The molecule has 0 saturated carbocycles. The van der Waals surface area contributed by atoms with Gasteiger partial charge in [0.15, 0.2) is 0 Å². The maximum Gasteiger partial charge on any atom is 0.303 e. The summed E-state index contributed by atoms with van der Waals surface area (Å²) in [6.45, 7) is 7.35. The molecule has 0 aromatic heterocycles. The van der Waals surface area contributed by atoms with E-state index in [4.69, 9.17) is 9.84 Å². The van der Waals surface area contributed by atoms with E-state index in [1.165, 1.54) is 0 Å². The molecule has 0 aliphatic rings. The van der Waals surface area contributed by atoms with E-state index in [1.54, 1.807) is 13.8 Å². The first-order valence-corrected chi connectivity index (χ1v) is 6.43. The number of carboxylic acids is 1. The summed E-state index contributed by atoms with van der Waals surface area (Å²) in [6.07, 6.45) is 2.33. The standard InChI is InChI=1S/C13H25NO4/c1-4-5-7-18-8-6-14-11(15)9-13(2,3)10-12(16)17/h4-10H2,1-3H3,(H,14,15)(H,16,17). The summed E-state index contributed by atoms with van der Waals surface area (Å²) in [5.41, 5.74) is -0.515. The first-order valence-electron chi connectivity index (χ1n) is 6.43. The molecule has 0 heterocycles. The number of amides is 1. The number of nitrogens with one attached hydrogen (secondary N) is 1. The predicted molar refractivity (Wildman–Crippen MR) is 69.4 cm³/mol. The molecule has 0 atom stereocenters. The van der Waals surface area contributed by atoms with Gasteiger partial charge in [-0.3, -0.25) is 9.59 Å². The number of unbranched alkanes of at least 4 members (excludes halogenated alkanes) is 1. The van der Waals surface area contributed by atoms with Crippen molar-refractivity contribution in [3.63, 3.8) is 0 Å². The Hall–Kier alpha value is -1.10. The maximum absolute atomic E-state index is 11.6. The van der Waals surface area contributed by atoms with Crippen LogP contribution < -0.4 is 5.32 Å². The zero-order valence-corrected chi connectivity index (χ0v) is 11.6. The normalized spacial score (nSPS) is 11.3. The van der Waals surface area contributed by atoms with E-state index in [2.05, 4.69) is 12.2 Å². The van der Waals surface area contributed by atoms with Gasteiger partial charge in [-0.15, -0.1) is 0 Å². The van der Waals surface area contributed by atoms with Crippen LogP contribution >= 0.6 is 0 Å². The summed E-state index contributed by atoms with van der Waals surface area (Å²) in [5.74, 6) is -1.00. The van der Waals surface area contributed by atoms with Crippen molar-refractivity contribution in [2.75, 3.05) is 19.8 Å². The molecule has 5 heteroatoms. The van der Waals surface area contributed by atoms with Crippen LogP contribution in [-0.2, 0) is 14.3 Å². The van der Waals surface area contributed by atoms with Crippen molar-refractivity contribution in [3.8, 4) is 0 Å². The Kier molecular flexibility index (Phi) is 8.37. The highest BCUT2D eigenvalue weighted by molar-refractivity contribution is 5.77. The van der Waals surface area contributed by atoms with Crippen molar-refractivity contribution in [3.05, 3.63) is 0 Å². The summed E-state index contributed by atoms with van der Waals surface area (Å²) in [4.78, 5) is 22.2. The van der Waals surface area contributed by atoms with E-state index in [9.17, 15) is 9.59 Å². The van der Waals surface area contributed by atoms with E-state index < -0.39 is 11.4 Å². The first-order chi connectivity index (χ1) is 8.37. The molecule has 0 spiro atoms. The van der Waals surface area contributed by atoms with Crippen LogP contribution in [-0.4, -0.2) is 36.7 Å². The maximum atomic E-state index is 11.6. The van der Waals surface area contributed by atoms with Gasteiger partial charge in [-0.2, -0.15) is 0 Å². The van der Waals surface area contributed by atoms with Crippen molar-refractivity contribution in [1.82, 2.24) is 5.32 Å². The Bertz CT molecular complexity index is 264. The van der Waals surface area contributed by atoms with Gasteiger partial charge in [-0.05, 0) is 11.8 Å². The molecule has 0 aliphatic carbocycles. The lowest BCUT2D eigenvalue weighted by Gasteiger charge is -2.21. The molecule has 0 aromatic carbocycles. The number of aliphatic carboxylic acids is 1. The number of carboxylic acid groups (broad SMARTS) is 1. The summed E-state index contributed by atoms with van der Waals surface area (Å²) < 4.78 is 5.31. The number of ether oxygens (including phenoxy) is 1. The lowest BCUT2D eigenvalue weighted by Crippen LogP contribution is -2.32. The Morgan fingerprint density at radius 3 is 2.44 bits per heavy atom. The highest BCUT2D eigenvalue weighted by atomic mass is 16.5. The van der Waals surface area contributed by atoms with Gasteiger partial charge in [-0.1, -0.05) is 27.2 Å². The topological polar surface area (TPSA) is 75.6 Å². The Morgan fingerprint density at radius 1 is 1.22 bits per heavy atom. The summed E-state index contributed by atoms with van der Waals surface area (Å²) in [7, 11) is 0. The monoisotopic (exact) mass is 259 g/mol. The third-order valence-corrected chi connectivity index (χ3v) is 2.48. The molecule has 0 unspecified atom stereocenters. The van der Waals surface area contributed by atoms with Crippen LogP contribution in [0.3, 0.4) is 0 Å². The fraction of sp³-hybridized carbons (Fsp3) is 0.846. The number of carbonyl (C=O) groups is 2. The van der Waals surface area contributed by atoms with Gasteiger partial charge in [0.25, 0.3) is 0 Å². The molecular weight excluding hydrogens is 234 g/mol. The van der Waals surface area contributed by atoms with Gasteiger partial charge < -0.3 is 15.2 Å². The van der Waals surface area contributed by atoms with Crippen molar-refractivity contribution >= 4 is 11.9 Å². The van der Waals surface area contributed by atoms with Gasteiger partial charge in [0.2, 0.25) is 5.91 Å². The highest BCUT2D eigenvalue weighted by Crippen LogP contribution is 2.24. The molecule has 0 aliphatic heterocycles. The van der Waals surface area contributed by atoms with Gasteiger partial charge in [0, 0.05) is 19.6 Å². The van der Waals surface area contributed by atoms with Crippen LogP contribution in [0.5, 0.6) is 0 Å². The third kappa shape index (κ3) is 10.1. The molecule has 18 heavy (non-hydrogen) atoms. The molecule has 2 N–H and O–H groups in total. The van der Waals surface area contributed by atoms with Crippen LogP contribution in [0.25, 0.3) is 0 Å². The summed E-state index contributed by atoms with van der Waals surface area (Å²) in [5, 5.41) is 11.4. The number of carbonyl (C=O) groups excluding carboxylic acids is 1. The summed E-state index contributed by atoms with van der Waals surface area (Å²) >= 11 is 0. The van der Waals surface area contributed by atoms with Crippen molar-refractivity contribution in [1.29, 1.82) is 0 Å². The molecule has 106 valence electrons. The minimum atomic E-state index is -0.879. The van der Waals surface area contributed by atoms with Gasteiger partial charge in [0.1, 0.15) is 0 Å². The minimum absolute atomic E-state index is 0.00653. The first kappa shape index (κ1) is 16.9. The van der Waals surface area contributed by atoms with Crippen molar-refractivity contribution in [2.45, 2.75) is 46.5 Å². The predicted octanol–water partition coefficient (Wildman–Crippen LogP) is 1.81. The fourth-order valence-electron chi connectivity index (χ4n) is 1.58. The van der Waals surface area contributed by atoms with E-state index in [0.29, 0.717) is 13.2 Å². The quantitative estimate of drug-likeness (QED) is 0.587. The fourth-order valence-corrected chi connectivity index (χ4v) is 1.58. The second kappa shape index (κ2) is 8.91. The zero-order chi connectivity index (χ0) is 14.0. The van der Waals surface area contributed by atoms with Gasteiger partial charge >= 0.3 is 5.97 Å². The summed E-state index contributed by atoms with van der Waals surface area (Å²) in [6, 6.07) is 0. The van der Waals surface area contributed by atoms with Crippen LogP contribution in [0.15, 0.2) is 0 Å². The van der Waals surface area contributed by atoms with Crippen LogP contribution in [0.4, 0.5) is 0 Å². The van der Waals surface area contributed by atoms with E-state index in [1.807, 2.05) is 0 Å². The van der Waals surface area contributed by atoms with Crippen LogP contribution in [0.2, 0.25) is 0 Å². The number of hydrogen-bond acceptors (Lipinski definition) is 3. The van der Waals surface area contributed by atoms with E-state index >= 15 is 0 Å². The van der Waals surface area contributed by atoms with Gasteiger partial charge in [-0.25, -0.2) is 0 Å². The largest absolute Gasteiger partial charge is 0.481 e. The minimum Gasteiger partial charge on any atom is -0.481 e. The molecule has 0 radical (unpaired) electrons. The SMILES string of the molecule is CCCCOCCNC(=O)CC(C)(C)CC(=O)O. The molecular formula is C13H25NO4. The molecule has 0 bridgehead atoms. The highest BCUT2D eigenvalue weighted by Gasteiger charge is 2.24. The average molecular weight is 259 g/mol. The average Bonchev–Trinajstić information content (AvgIpc) is 2.20. The third-order valence-electron chi connectivity index (χ3n) is 2.48. The molecule has 0 fully saturated rings. The number of hydrogen-bond donors (Lipinski definition) is 2. The molecule has 0 aromatic rings. The van der Waals surface area contributed by atoms with Crippen LogP contribution in [0.1, 0.15) is 46.5 Å². The van der Waals surface area contributed by atoms with Crippen LogP contribution in [0, 0.1) is 5.41 Å². The Labute approximate surface area is 109 Å². The second-order valence-electron chi connectivity index (χ2n) is 5.23. The second-order valence-corrected chi connectivity index (χ2v) is 5.23. The molecule has 0 saturated heterocycles. The Morgan fingerprint density at radius 2 is 1.89 bits per heavy atom. The molecule has 0 rings (SSSR count). The zero-order valence-electron chi connectivity index (χ0n) is 11.6. The number of rotatable bonds is 10. The van der Waals surface area contributed by atoms with E-state index in [0.717, 1.165) is 19.4 Å².